The Morgan fingerprint density at radius 1 is 1.38 bits per heavy atom. The molecule has 2 aliphatic heterocycles. The van der Waals surface area contributed by atoms with Crippen molar-refractivity contribution in [3.63, 3.8) is 0 Å². The van der Waals surface area contributed by atoms with Crippen molar-refractivity contribution in [3.8, 4) is 0 Å². The first-order chi connectivity index (χ1) is 12.5. The number of carbonyl (C=O) groups is 3. The second-order valence-corrected chi connectivity index (χ2v) is 6.70. The van der Waals surface area contributed by atoms with Crippen LogP contribution < -0.4 is 16.4 Å². The molecular weight excluding hydrogens is 336 g/mol. The van der Waals surface area contributed by atoms with E-state index in [2.05, 4.69) is 10.6 Å². The van der Waals surface area contributed by atoms with Gasteiger partial charge < -0.3 is 20.7 Å². The summed E-state index contributed by atoms with van der Waals surface area (Å²) in [6, 6.07) is 5.00. The van der Waals surface area contributed by atoms with Crippen molar-refractivity contribution in [2.75, 3.05) is 20.3 Å². The number of fused-ring (bicyclic) bond motifs is 1. The van der Waals surface area contributed by atoms with E-state index < -0.39 is 11.9 Å². The highest BCUT2D eigenvalue weighted by molar-refractivity contribution is 6.05. The Morgan fingerprint density at radius 2 is 2.19 bits per heavy atom. The van der Waals surface area contributed by atoms with Crippen molar-refractivity contribution in [2.45, 2.75) is 38.0 Å². The minimum absolute atomic E-state index is 0.118. The standard InChI is InChI=1S/C18H24N4O4/c1-26-10-13(19)8-20-7-11-3-2-4-12-9-22(18(25)16(11)12)14-5-6-15(23)21-17(14)24/h2-4,13-14,20H,5-10,19H2,1H3,(H,21,23,24)/t13-,14?/m1/s1. The first-order valence-electron chi connectivity index (χ1n) is 8.72. The molecule has 1 aromatic rings. The Morgan fingerprint density at radius 3 is 2.92 bits per heavy atom. The van der Waals surface area contributed by atoms with Crippen LogP contribution in [0.2, 0.25) is 0 Å². The topological polar surface area (TPSA) is 114 Å². The van der Waals surface area contributed by atoms with E-state index in [1.807, 2.05) is 18.2 Å². The molecule has 1 unspecified atom stereocenters. The maximum atomic E-state index is 12.9. The Bertz CT molecular complexity index is 721. The van der Waals surface area contributed by atoms with E-state index >= 15 is 0 Å². The zero-order valence-corrected chi connectivity index (χ0v) is 14.8. The molecule has 3 amide bonds. The maximum absolute atomic E-state index is 12.9. The molecule has 0 aliphatic carbocycles. The average Bonchev–Trinajstić information content (AvgIpc) is 2.93. The molecule has 4 N–H and O–H groups in total. The highest BCUT2D eigenvalue weighted by Crippen LogP contribution is 2.29. The molecule has 0 radical (unpaired) electrons. The summed E-state index contributed by atoms with van der Waals surface area (Å²) in [6.07, 6.45) is 0.617. The number of benzene rings is 1. The summed E-state index contributed by atoms with van der Waals surface area (Å²) in [5.41, 5.74) is 8.33. The van der Waals surface area contributed by atoms with Gasteiger partial charge in [-0.3, -0.25) is 19.7 Å². The van der Waals surface area contributed by atoms with Crippen LogP contribution >= 0.6 is 0 Å². The SMILES string of the molecule is COC[C@H](N)CNCc1cccc2c1C(=O)N(C1CCC(=O)NC1=O)C2. The van der Waals surface area contributed by atoms with Crippen LogP contribution in [0, 0.1) is 0 Å². The number of methoxy groups -OCH3 is 1. The number of piperidine rings is 1. The molecule has 8 nitrogen and oxygen atoms in total. The minimum Gasteiger partial charge on any atom is -0.383 e. The number of carbonyl (C=O) groups excluding carboxylic acids is 3. The fourth-order valence-electron chi connectivity index (χ4n) is 3.50. The highest BCUT2D eigenvalue weighted by atomic mass is 16.5. The fourth-order valence-corrected chi connectivity index (χ4v) is 3.50. The molecule has 1 aromatic carbocycles. The third-order valence-corrected chi connectivity index (χ3v) is 4.74. The van der Waals surface area contributed by atoms with E-state index in [0.717, 1.165) is 11.1 Å². The van der Waals surface area contributed by atoms with Crippen LogP contribution in [-0.2, 0) is 27.4 Å². The Kier molecular flexibility index (Phi) is 5.65. The molecule has 1 saturated heterocycles. The molecule has 26 heavy (non-hydrogen) atoms. The van der Waals surface area contributed by atoms with Crippen LogP contribution in [0.15, 0.2) is 18.2 Å². The van der Waals surface area contributed by atoms with Gasteiger partial charge in [-0.25, -0.2) is 0 Å². The number of nitrogens with one attached hydrogen (secondary N) is 2. The number of amides is 3. The lowest BCUT2D eigenvalue weighted by molar-refractivity contribution is -0.136. The molecular formula is C18H24N4O4. The monoisotopic (exact) mass is 360 g/mol. The Labute approximate surface area is 152 Å². The number of nitrogens with zero attached hydrogens (tertiary/aromatic N) is 1. The number of rotatable bonds is 7. The quantitative estimate of drug-likeness (QED) is 0.566. The van der Waals surface area contributed by atoms with E-state index in [0.29, 0.717) is 38.2 Å². The van der Waals surface area contributed by atoms with Crippen LogP contribution in [0.5, 0.6) is 0 Å². The summed E-state index contributed by atoms with van der Waals surface area (Å²) in [6.45, 7) is 1.93. The average molecular weight is 360 g/mol. The second kappa shape index (κ2) is 7.94. The summed E-state index contributed by atoms with van der Waals surface area (Å²) < 4.78 is 5.01. The lowest BCUT2D eigenvalue weighted by Gasteiger charge is -2.29. The Hall–Kier alpha value is -2.29. The fraction of sp³-hybridized carbons (Fsp3) is 0.500. The second-order valence-electron chi connectivity index (χ2n) is 6.70. The third-order valence-electron chi connectivity index (χ3n) is 4.74. The third kappa shape index (κ3) is 3.77. The van der Waals surface area contributed by atoms with Crippen molar-refractivity contribution >= 4 is 17.7 Å². The molecule has 8 heteroatoms. The molecule has 2 aliphatic rings. The van der Waals surface area contributed by atoms with Gasteiger partial charge in [-0.2, -0.15) is 0 Å². The normalized spacial score (nSPS) is 20.9. The first kappa shape index (κ1) is 18.5. The zero-order valence-electron chi connectivity index (χ0n) is 14.8. The van der Waals surface area contributed by atoms with Crippen LogP contribution in [-0.4, -0.2) is 55.0 Å². The van der Waals surface area contributed by atoms with Gasteiger partial charge in [0.15, 0.2) is 0 Å². The molecule has 0 spiro atoms. The van der Waals surface area contributed by atoms with Gasteiger partial charge in [0.25, 0.3) is 5.91 Å². The van der Waals surface area contributed by atoms with Crippen molar-refractivity contribution in [3.05, 3.63) is 34.9 Å². The summed E-state index contributed by atoms with van der Waals surface area (Å²) >= 11 is 0. The predicted octanol–water partition coefficient (Wildman–Crippen LogP) is -0.489. The predicted molar refractivity (Wildman–Crippen MR) is 94.0 cm³/mol. The summed E-state index contributed by atoms with van der Waals surface area (Å²) in [7, 11) is 1.60. The lowest BCUT2D eigenvalue weighted by Crippen LogP contribution is -2.52. The van der Waals surface area contributed by atoms with Crippen molar-refractivity contribution in [1.29, 1.82) is 0 Å². The van der Waals surface area contributed by atoms with Crippen LogP contribution in [0.3, 0.4) is 0 Å². The van der Waals surface area contributed by atoms with Gasteiger partial charge in [0, 0.05) is 44.8 Å². The molecule has 0 saturated carbocycles. The number of hydrogen-bond acceptors (Lipinski definition) is 6. The van der Waals surface area contributed by atoms with Crippen molar-refractivity contribution < 1.29 is 19.1 Å². The van der Waals surface area contributed by atoms with E-state index in [1.54, 1.807) is 12.0 Å². The van der Waals surface area contributed by atoms with Gasteiger partial charge in [0.2, 0.25) is 11.8 Å². The molecule has 0 bridgehead atoms. The number of imide groups is 1. The van der Waals surface area contributed by atoms with E-state index in [1.165, 1.54) is 0 Å². The van der Waals surface area contributed by atoms with Crippen LogP contribution in [0.1, 0.15) is 34.3 Å². The molecule has 2 atom stereocenters. The van der Waals surface area contributed by atoms with E-state index in [4.69, 9.17) is 10.5 Å². The summed E-state index contributed by atoms with van der Waals surface area (Å²) in [5, 5.41) is 5.56. The first-order valence-corrected chi connectivity index (χ1v) is 8.72. The molecule has 3 rings (SSSR count). The van der Waals surface area contributed by atoms with Crippen molar-refractivity contribution in [2.24, 2.45) is 5.73 Å². The molecule has 1 fully saturated rings. The lowest BCUT2D eigenvalue weighted by atomic mass is 10.0. The van der Waals surface area contributed by atoms with Gasteiger partial charge >= 0.3 is 0 Å². The number of nitrogens with two attached hydrogens (primary N) is 1. The molecule has 0 aromatic heterocycles. The van der Waals surface area contributed by atoms with Gasteiger partial charge in [0.05, 0.1) is 6.61 Å². The smallest absolute Gasteiger partial charge is 0.255 e. The highest BCUT2D eigenvalue weighted by Gasteiger charge is 2.39. The largest absolute Gasteiger partial charge is 0.383 e. The van der Waals surface area contributed by atoms with Crippen molar-refractivity contribution in [1.82, 2.24) is 15.5 Å². The van der Waals surface area contributed by atoms with Crippen LogP contribution in [0.4, 0.5) is 0 Å². The van der Waals surface area contributed by atoms with Gasteiger partial charge in [-0.15, -0.1) is 0 Å². The van der Waals surface area contributed by atoms with E-state index in [-0.39, 0.29) is 24.3 Å². The number of hydrogen-bond donors (Lipinski definition) is 3. The number of ether oxygens (including phenoxy) is 1. The van der Waals surface area contributed by atoms with Gasteiger partial charge in [0.1, 0.15) is 6.04 Å². The van der Waals surface area contributed by atoms with Gasteiger partial charge in [-0.1, -0.05) is 18.2 Å². The molecule has 140 valence electrons. The maximum Gasteiger partial charge on any atom is 0.255 e. The van der Waals surface area contributed by atoms with Gasteiger partial charge in [-0.05, 0) is 17.5 Å². The van der Waals surface area contributed by atoms with E-state index in [9.17, 15) is 14.4 Å². The molecule has 2 heterocycles. The zero-order chi connectivity index (χ0) is 18.7. The van der Waals surface area contributed by atoms with Crippen LogP contribution in [0.25, 0.3) is 0 Å². The Balaban J connectivity index is 1.70. The summed E-state index contributed by atoms with van der Waals surface area (Å²) in [4.78, 5) is 38.0. The minimum atomic E-state index is -0.594. The summed E-state index contributed by atoms with van der Waals surface area (Å²) in [5.74, 6) is -0.839.